The maximum Gasteiger partial charge on any atom is 0.573 e. The number of aromatic nitrogens is 4. The van der Waals surface area contributed by atoms with Gasteiger partial charge in [0.1, 0.15) is 5.75 Å². The van der Waals surface area contributed by atoms with Crippen molar-refractivity contribution in [2.45, 2.75) is 30.0 Å². The van der Waals surface area contributed by atoms with E-state index in [9.17, 15) is 21.6 Å². The molecular weight excluding hydrogens is 473 g/mol. The molecular formula is C21H21F3N6O3S. The lowest BCUT2D eigenvalue weighted by atomic mass is 10.1. The molecule has 1 aromatic heterocycles. The molecule has 34 heavy (non-hydrogen) atoms. The van der Waals surface area contributed by atoms with E-state index >= 15 is 0 Å². The molecule has 1 N–H and O–H groups in total. The molecule has 5 rings (SSSR count). The first kappa shape index (κ1) is 22.6. The number of anilines is 1. The Kier molecular flexibility index (Phi) is 5.68. The molecule has 0 amide bonds. The van der Waals surface area contributed by atoms with Crippen molar-refractivity contribution in [3.63, 3.8) is 0 Å². The second-order valence-electron chi connectivity index (χ2n) is 8.20. The molecule has 0 bridgehead atoms. The minimum absolute atomic E-state index is 0.0220. The van der Waals surface area contributed by atoms with Crippen molar-refractivity contribution < 1.29 is 26.3 Å². The number of benzene rings is 2. The Morgan fingerprint density at radius 1 is 1.00 bits per heavy atom. The first-order valence-electron chi connectivity index (χ1n) is 10.7. The van der Waals surface area contributed by atoms with Crippen LogP contribution in [0.5, 0.6) is 5.75 Å². The van der Waals surface area contributed by atoms with Crippen LogP contribution in [0.1, 0.15) is 22.9 Å². The first-order valence-corrected chi connectivity index (χ1v) is 12.1. The van der Waals surface area contributed by atoms with Crippen LogP contribution in [-0.2, 0) is 22.9 Å². The molecule has 1 saturated heterocycles. The number of piperazine rings is 1. The second kappa shape index (κ2) is 8.55. The molecule has 13 heteroatoms. The molecule has 0 radical (unpaired) electrons. The third kappa shape index (κ3) is 4.44. The molecule has 3 aromatic rings. The Morgan fingerprint density at radius 2 is 1.74 bits per heavy atom. The number of sulfonamides is 1. The number of rotatable bonds is 5. The van der Waals surface area contributed by atoms with Gasteiger partial charge in [-0.2, -0.15) is 9.52 Å². The van der Waals surface area contributed by atoms with Crippen LogP contribution in [0.3, 0.4) is 0 Å². The highest BCUT2D eigenvalue weighted by Crippen LogP contribution is 2.37. The van der Waals surface area contributed by atoms with Gasteiger partial charge in [-0.1, -0.05) is 17.3 Å². The molecule has 0 spiro atoms. The van der Waals surface area contributed by atoms with Crippen LogP contribution < -0.4 is 9.64 Å². The molecule has 9 nitrogen and oxygen atoms in total. The maximum atomic E-state index is 13.5. The molecule has 1 fully saturated rings. The van der Waals surface area contributed by atoms with Crippen LogP contribution in [-0.4, -0.2) is 65.9 Å². The Bertz CT molecular complexity index is 1260. The summed E-state index contributed by atoms with van der Waals surface area (Å²) in [4.78, 5) is 2.24. The number of aromatic amines is 1. The molecule has 2 aromatic carbocycles. The predicted octanol–water partition coefficient (Wildman–Crippen LogP) is 2.49. The van der Waals surface area contributed by atoms with E-state index in [-0.39, 0.29) is 24.8 Å². The van der Waals surface area contributed by atoms with E-state index in [0.717, 1.165) is 11.1 Å². The number of nitrogens with zero attached hydrogens (tertiary/aromatic N) is 5. The summed E-state index contributed by atoms with van der Waals surface area (Å²) in [6.07, 6.45) is -3.57. The number of ether oxygens (including phenoxy) is 1. The van der Waals surface area contributed by atoms with Gasteiger partial charge >= 0.3 is 6.36 Å². The lowest BCUT2D eigenvalue weighted by Gasteiger charge is -2.35. The molecule has 0 saturated carbocycles. The summed E-state index contributed by atoms with van der Waals surface area (Å²) < 4.78 is 69.4. The number of tetrazole rings is 1. The summed E-state index contributed by atoms with van der Waals surface area (Å²) in [5.74, 6) is 0.251. The van der Waals surface area contributed by atoms with E-state index in [1.54, 1.807) is 12.1 Å². The number of hydrogen-bond acceptors (Lipinski definition) is 7. The van der Waals surface area contributed by atoms with Crippen LogP contribution in [0.2, 0.25) is 0 Å². The summed E-state index contributed by atoms with van der Waals surface area (Å²) in [7, 11) is -3.71. The molecule has 2 heterocycles. The molecule has 1 atom stereocenters. The van der Waals surface area contributed by atoms with Gasteiger partial charge in [0.25, 0.3) is 0 Å². The fourth-order valence-electron chi connectivity index (χ4n) is 4.57. The van der Waals surface area contributed by atoms with E-state index in [1.165, 1.54) is 28.6 Å². The number of nitrogens with one attached hydrogen (secondary N) is 1. The highest BCUT2D eigenvalue weighted by molar-refractivity contribution is 7.89. The average molecular weight is 494 g/mol. The fourth-order valence-corrected chi connectivity index (χ4v) is 6.27. The van der Waals surface area contributed by atoms with Gasteiger partial charge in [0.15, 0.2) is 5.82 Å². The Morgan fingerprint density at radius 3 is 2.38 bits per heavy atom. The lowest BCUT2D eigenvalue weighted by Crippen LogP contribution is -2.48. The Balaban J connectivity index is 1.28. The fraction of sp³-hybridized carbons (Fsp3) is 0.381. The first-order chi connectivity index (χ1) is 16.2. The third-order valence-electron chi connectivity index (χ3n) is 6.17. The number of fused-ring (bicyclic) bond motifs is 1. The Hall–Kier alpha value is -3.19. The molecule has 180 valence electrons. The van der Waals surface area contributed by atoms with Crippen LogP contribution in [0.4, 0.5) is 18.9 Å². The van der Waals surface area contributed by atoms with Gasteiger partial charge in [0.05, 0.1) is 4.90 Å². The lowest BCUT2D eigenvalue weighted by molar-refractivity contribution is -0.274. The minimum atomic E-state index is -4.75. The van der Waals surface area contributed by atoms with Crippen molar-refractivity contribution in [1.82, 2.24) is 24.9 Å². The molecule has 2 aliphatic rings. The Labute approximate surface area is 193 Å². The van der Waals surface area contributed by atoms with Gasteiger partial charge in [-0.05, 0) is 54.3 Å². The quantitative estimate of drug-likeness (QED) is 0.581. The van der Waals surface area contributed by atoms with Crippen molar-refractivity contribution >= 4 is 15.7 Å². The van der Waals surface area contributed by atoms with Gasteiger partial charge in [-0.15, -0.1) is 23.4 Å². The average Bonchev–Trinajstić information content (AvgIpc) is 3.48. The van der Waals surface area contributed by atoms with Gasteiger partial charge in [-0.25, -0.2) is 8.42 Å². The summed E-state index contributed by atoms with van der Waals surface area (Å²) in [5, 5.41) is 14.1. The molecule has 1 unspecified atom stereocenters. The zero-order valence-corrected chi connectivity index (χ0v) is 18.7. The summed E-state index contributed by atoms with van der Waals surface area (Å²) >= 11 is 0. The van der Waals surface area contributed by atoms with E-state index in [4.69, 9.17) is 0 Å². The van der Waals surface area contributed by atoms with E-state index < -0.39 is 16.4 Å². The highest BCUT2D eigenvalue weighted by Gasteiger charge is 2.35. The van der Waals surface area contributed by atoms with Crippen LogP contribution in [0.15, 0.2) is 47.4 Å². The number of alkyl halides is 3. The van der Waals surface area contributed by atoms with Crippen molar-refractivity contribution in [3.8, 4) is 5.75 Å². The highest BCUT2D eigenvalue weighted by atomic mass is 32.2. The number of hydrogen-bond donors (Lipinski definition) is 1. The minimum Gasteiger partial charge on any atom is -0.406 e. The number of H-pyrrole nitrogens is 1. The normalized spacial score (nSPS) is 19.3. The smallest absolute Gasteiger partial charge is 0.406 e. The summed E-state index contributed by atoms with van der Waals surface area (Å²) in [5.41, 5.74) is 2.46. The summed E-state index contributed by atoms with van der Waals surface area (Å²) in [6, 6.07) is 10.9. The number of halogens is 3. The second-order valence-corrected chi connectivity index (χ2v) is 10.1. The monoisotopic (exact) mass is 494 g/mol. The van der Waals surface area contributed by atoms with Gasteiger partial charge in [0.2, 0.25) is 10.0 Å². The van der Waals surface area contributed by atoms with E-state index in [0.29, 0.717) is 42.3 Å². The third-order valence-corrected chi connectivity index (χ3v) is 8.15. The molecule has 1 aliphatic carbocycles. The zero-order chi connectivity index (χ0) is 23.9. The van der Waals surface area contributed by atoms with Crippen molar-refractivity contribution in [2.24, 2.45) is 0 Å². The van der Waals surface area contributed by atoms with Crippen molar-refractivity contribution in [2.75, 3.05) is 31.1 Å². The van der Waals surface area contributed by atoms with Crippen LogP contribution in [0.25, 0.3) is 0 Å². The molecule has 1 aliphatic heterocycles. The van der Waals surface area contributed by atoms with Gasteiger partial charge in [0, 0.05) is 37.8 Å². The van der Waals surface area contributed by atoms with E-state index in [2.05, 4.69) is 25.4 Å². The van der Waals surface area contributed by atoms with Gasteiger partial charge in [-0.3, -0.25) is 0 Å². The van der Waals surface area contributed by atoms with Crippen molar-refractivity contribution in [1.29, 1.82) is 0 Å². The van der Waals surface area contributed by atoms with Crippen LogP contribution >= 0.6 is 0 Å². The SMILES string of the molecule is O=S(=O)(c1cccc2c1CC(c1nn[nH]n1)C2)N1CCN(c2ccc(OC(F)(F)F)cc2)CC1. The maximum absolute atomic E-state index is 13.5. The van der Waals surface area contributed by atoms with Crippen LogP contribution in [0, 0.1) is 0 Å². The summed E-state index contributed by atoms with van der Waals surface area (Å²) in [6.45, 7) is 1.36. The van der Waals surface area contributed by atoms with Crippen molar-refractivity contribution in [3.05, 3.63) is 59.4 Å². The topological polar surface area (TPSA) is 104 Å². The predicted molar refractivity (Wildman–Crippen MR) is 115 cm³/mol. The van der Waals surface area contributed by atoms with E-state index in [1.807, 2.05) is 11.0 Å². The zero-order valence-electron chi connectivity index (χ0n) is 17.9. The van der Waals surface area contributed by atoms with Gasteiger partial charge < -0.3 is 9.64 Å². The largest absolute Gasteiger partial charge is 0.573 e. The standard InChI is InChI=1S/C21H21F3N6O3S/c22-21(23,24)33-17-6-4-16(5-7-17)29-8-10-30(11-9-29)34(31,32)19-3-1-2-14-12-15(13-18(14)19)20-25-27-28-26-20/h1-7,15H,8-13H2,(H,25,26,27,28).